The van der Waals surface area contributed by atoms with Crippen molar-refractivity contribution in [2.24, 2.45) is 11.5 Å². The molecule has 0 aliphatic heterocycles. The summed E-state index contributed by atoms with van der Waals surface area (Å²) in [6.45, 7) is 3.82. The van der Waals surface area contributed by atoms with Gasteiger partial charge >= 0.3 is 17.9 Å². The Morgan fingerprint density at radius 2 is 1.36 bits per heavy atom. The summed E-state index contributed by atoms with van der Waals surface area (Å²) < 4.78 is 12.7. The number of rotatable bonds is 11. The number of carboxylic acids is 3. The van der Waals surface area contributed by atoms with Crippen LogP contribution in [0.4, 0.5) is 4.39 Å². The fourth-order valence-corrected chi connectivity index (χ4v) is 4.08. The van der Waals surface area contributed by atoms with Crippen molar-refractivity contribution >= 4 is 17.9 Å². The van der Waals surface area contributed by atoms with E-state index in [0.717, 1.165) is 11.1 Å². The maximum absolute atomic E-state index is 12.7. The molecule has 0 saturated heterocycles. The molecule has 3 unspecified atom stereocenters. The first-order valence-electron chi connectivity index (χ1n) is 13.3. The topological polar surface area (TPSA) is 188 Å². The molecule has 0 radical (unpaired) electrons. The zero-order valence-electron chi connectivity index (χ0n) is 23.7. The molecule has 0 amide bonds. The third-order valence-electron chi connectivity index (χ3n) is 5.97. The average Bonchev–Trinajstić information content (AvgIpc) is 2.89. The van der Waals surface area contributed by atoms with Crippen LogP contribution in [0.3, 0.4) is 0 Å². The van der Waals surface area contributed by atoms with E-state index in [-0.39, 0.29) is 24.7 Å². The predicted octanol–water partition coefficient (Wildman–Crippen LogP) is 4.65. The van der Waals surface area contributed by atoms with Gasteiger partial charge in [-0.15, -0.1) is 0 Å². The highest BCUT2D eigenvalue weighted by Gasteiger charge is 2.17. The minimum absolute atomic E-state index is 0.0218. The Bertz CT molecular complexity index is 1290. The number of carboxylic acid groups (broad SMARTS) is 3. The summed E-state index contributed by atoms with van der Waals surface area (Å²) in [7, 11) is 0. The summed E-state index contributed by atoms with van der Waals surface area (Å²) in [5.74, 6) is -3.46. The van der Waals surface area contributed by atoms with Crippen molar-refractivity contribution < 1.29 is 34.1 Å². The number of hydrogen-bond acceptors (Lipinski definition) is 6. The summed E-state index contributed by atoms with van der Waals surface area (Å²) in [5, 5.41) is 34.6. The van der Waals surface area contributed by atoms with Gasteiger partial charge in [0.1, 0.15) is 5.82 Å². The molecular weight excluding hydrogens is 541 g/mol. The largest absolute Gasteiger partial charge is 0.481 e. The summed E-state index contributed by atoms with van der Waals surface area (Å²) >= 11 is 0. The molecule has 224 valence electrons. The van der Waals surface area contributed by atoms with Crippen LogP contribution in [-0.4, -0.2) is 45.3 Å². The zero-order chi connectivity index (χ0) is 31.7. The van der Waals surface area contributed by atoms with Crippen molar-refractivity contribution in [3.63, 3.8) is 0 Å². The minimum Gasteiger partial charge on any atom is -0.481 e. The average molecular weight is 580 g/mol. The van der Waals surface area contributed by atoms with Gasteiger partial charge < -0.3 is 26.8 Å². The lowest BCUT2D eigenvalue weighted by molar-refractivity contribution is -0.139. The molecule has 3 rings (SSSR count). The van der Waals surface area contributed by atoms with Gasteiger partial charge in [-0.3, -0.25) is 14.4 Å². The summed E-state index contributed by atoms with van der Waals surface area (Å²) in [5.41, 5.74) is 15.4. The number of nitrogens with zero attached hydrogens (tertiary/aromatic N) is 1. The highest BCUT2D eigenvalue weighted by atomic mass is 19.1. The van der Waals surface area contributed by atoms with Crippen LogP contribution in [0.1, 0.15) is 59.9 Å². The van der Waals surface area contributed by atoms with Gasteiger partial charge in [-0.05, 0) is 67.1 Å². The molecule has 10 heteroatoms. The number of hydrogen-bond donors (Lipinski definition) is 5. The van der Waals surface area contributed by atoms with E-state index in [4.69, 9.17) is 32.0 Å². The van der Waals surface area contributed by atoms with E-state index in [1.54, 1.807) is 36.4 Å². The number of halogens is 1. The van der Waals surface area contributed by atoms with Crippen molar-refractivity contribution in [2.45, 2.75) is 64.0 Å². The SMILES string of the molecule is CCC(C(=O)O)c1cccc(C#N)c1.Cc1cccc(CC(N)CC(=O)O)c1.NC(CC(=O)O)Cc1cccc(F)c1. The molecule has 3 aromatic rings. The number of nitriles is 1. The molecule has 0 aliphatic carbocycles. The first-order chi connectivity index (χ1) is 19.8. The highest BCUT2D eigenvalue weighted by molar-refractivity contribution is 5.76. The first kappa shape index (κ1) is 35.4. The van der Waals surface area contributed by atoms with Gasteiger partial charge in [-0.1, -0.05) is 61.0 Å². The van der Waals surface area contributed by atoms with E-state index in [1.165, 1.54) is 17.7 Å². The summed E-state index contributed by atoms with van der Waals surface area (Å²) in [6.07, 6.45) is 1.45. The zero-order valence-corrected chi connectivity index (χ0v) is 23.7. The van der Waals surface area contributed by atoms with Crippen molar-refractivity contribution in [2.75, 3.05) is 0 Å². The van der Waals surface area contributed by atoms with E-state index in [1.807, 2.05) is 44.2 Å². The molecule has 9 nitrogen and oxygen atoms in total. The Balaban J connectivity index is 0.000000315. The molecule has 0 spiro atoms. The van der Waals surface area contributed by atoms with Crippen molar-refractivity contribution in [3.05, 3.63) is 106 Å². The van der Waals surface area contributed by atoms with E-state index in [0.29, 0.717) is 30.4 Å². The predicted molar refractivity (Wildman–Crippen MR) is 157 cm³/mol. The van der Waals surface area contributed by atoms with Gasteiger partial charge in [-0.25, -0.2) is 4.39 Å². The lowest BCUT2D eigenvalue weighted by Crippen LogP contribution is -2.26. The molecule has 42 heavy (non-hydrogen) atoms. The quantitative estimate of drug-likeness (QED) is 0.215. The van der Waals surface area contributed by atoms with Gasteiger partial charge in [0, 0.05) is 12.1 Å². The first-order valence-corrected chi connectivity index (χ1v) is 13.3. The van der Waals surface area contributed by atoms with Gasteiger partial charge in [0.2, 0.25) is 0 Å². The third kappa shape index (κ3) is 14.7. The van der Waals surface area contributed by atoms with Crippen LogP contribution < -0.4 is 11.5 Å². The number of benzene rings is 3. The van der Waals surface area contributed by atoms with E-state index in [2.05, 4.69) is 0 Å². The fraction of sp³-hybridized carbons (Fsp3) is 0.312. The van der Waals surface area contributed by atoms with Crippen LogP contribution in [0.2, 0.25) is 0 Å². The number of aliphatic carboxylic acids is 3. The molecule has 3 aromatic carbocycles. The second-order valence-electron chi connectivity index (χ2n) is 9.78. The van der Waals surface area contributed by atoms with E-state index in [9.17, 15) is 18.8 Å². The molecule has 3 atom stereocenters. The molecule has 0 saturated carbocycles. The second kappa shape index (κ2) is 18.7. The lowest BCUT2D eigenvalue weighted by Gasteiger charge is -2.09. The number of nitrogens with two attached hydrogens (primary N) is 2. The minimum atomic E-state index is -0.936. The maximum atomic E-state index is 12.7. The van der Waals surface area contributed by atoms with Gasteiger partial charge in [-0.2, -0.15) is 5.26 Å². The Morgan fingerprint density at radius 3 is 1.81 bits per heavy atom. The molecule has 0 fully saturated rings. The van der Waals surface area contributed by atoms with Crippen molar-refractivity contribution in [3.8, 4) is 6.07 Å². The fourth-order valence-electron chi connectivity index (χ4n) is 4.08. The van der Waals surface area contributed by atoms with Crippen LogP contribution >= 0.6 is 0 Å². The molecule has 0 aromatic heterocycles. The Hall–Kier alpha value is -4.59. The number of carbonyl (C=O) groups is 3. The smallest absolute Gasteiger partial charge is 0.310 e. The summed E-state index contributed by atoms with van der Waals surface area (Å²) in [4.78, 5) is 31.5. The molecule has 0 bridgehead atoms. The highest BCUT2D eigenvalue weighted by Crippen LogP contribution is 2.20. The second-order valence-corrected chi connectivity index (χ2v) is 9.78. The van der Waals surface area contributed by atoms with Crippen molar-refractivity contribution in [1.29, 1.82) is 5.26 Å². The molecular formula is C32H38FN3O6. The number of aryl methyl sites for hydroxylation is 1. The van der Waals surface area contributed by atoms with Gasteiger partial charge in [0.05, 0.1) is 30.4 Å². The monoisotopic (exact) mass is 579 g/mol. The Kier molecular flexibility index (Phi) is 15.8. The normalized spacial score (nSPS) is 12.2. The third-order valence-corrected chi connectivity index (χ3v) is 5.97. The Labute approximate surface area is 245 Å². The molecule has 0 heterocycles. The Morgan fingerprint density at radius 1 is 0.833 bits per heavy atom. The van der Waals surface area contributed by atoms with Gasteiger partial charge in [0.25, 0.3) is 0 Å². The van der Waals surface area contributed by atoms with Crippen molar-refractivity contribution in [1.82, 2.24) is 0 Å². The van der Waals surface area contributed by atoms with Gasteiger partial charge in [0.15, 0.2) is 0 Å². The standard InChI is InChI=1S/C11H15NO2.C11H11NO2.C10H12FNO2/c1-8-3-2-4-9(5-8)6-10(12)7-11(13)14;1-2-10(11(13)14)9-5-3-4-8(6-9)7-12;11-8-3-1-2-7(4-8)5-9(12)6-10(13)14/h2-5,10H,6-7,12H2,1H3,(H,13,14);3-6,10H,2H2,1H3,(H,13,14);1-4,9H,5-6,12H2,(H,13,14). The van der Waals surface area contributed by atoms with E-state index < -0.39 is 29.9 Å². The van der Waals surface area contributed by atoms with Crippen LogP contribution in [0.15, 0.2) is 72.8 Å². The van der Waals surface area contributed by atoms with E-state index >= 15 is 0 Å². The molecule has 7 N–H and O–H groups in total. The van der Waals surface area contributed by atoms with Crippen LogP contribution in [0.25, 0.3) is 0 Å². The molecule has 0 aliphatic rings. The van der Waals surface area contributed by atoms with Crippen LogP contribution in [0.5, 0.6) is 0 Å². The summed E-state index contributed by atoms with van der Waals surface area (Å²) in [6, 6.07) is 21.9. The maximum Gasteiger partial charge on any atom is 0.310 e. The van der Waals surface area contributed by atoms with Crippen LogP contribution in [0, 0.1) is 24.1 Å². The van der Waals surface area contributed by atoms with Crippen LogP contribution in [-0.2, 0) is 27.2 Å². The lowest BCUT2D eigenvalue weighted by atomic mass is 9.95.